The quantitative estimate of drug-likeness (QED) is 0.423. The van der Waals surface area contributed by atoms with Crippen molar-refractivity contribution in [2.75, 3.05) is 43.5 Å². The lowest BCUT2D eigenvalue weighted by atomic mass is 10.0. The maximum absolute atomic E-state index is 13.4. The largest absolute Gasteiger partial charge is 0.495 e. The molecule has 2 aromatic carbocycles. The van der Waals surface area contributed by atoms with Gasteiger partial charge in [0.2, 0.25) is 0 Å². The molecule has 184 valence electrons. The molecule has 9 heteroatoms. The minimum atomic E-state index is -1.47. The Morgan fingerprint density at radius 2 is 1.86 bits per heavy atom. The van der Waals surface area contributed by atoms with Crippen molar-refractivity contribution < 1.29 is 17.9 Å². The first kappa shape index (κ1) is 24.4. The average Bonchev–Trinajstić information content (AvgIpc) is 2.86. The molecule has 0 saturated carbocycles. The smallest absolute Gasteiger partial charge is 0.194 e. The minimum Gasteiger partial charge on any atom is -0.495 e. The van der Waals surface area contributed by atoms with Crippen molar-refractivity contribution in [3.05, 3.63) is 70.7 Å². The van der Waals surface area contributed by atoms with Crippen molar-refractivity contribution in [1.82, 2.24) is 5.32 Å². The summed E-state index contributed by atoms with van der Waals surface area (Å²) < 4.78 is 45.5. The number of methoxy groups -OCH3 is 1. The van der Waals surface area contributed by atoms with Crippen molar-refractivity contribution in [1.29, 1.82) is 0 Å². The summed E-state index contributed by atoms with van der Waals surface area (Å²) in [5.41, 5.74) is 4.18. The number of rotatable bonds is 7. The van der Waals surface area contributed by atoms with Crippen LogP contribution in [-0.4, -0.2) is 45.5 Å². The van der Waals surface area contributed by atoms with Crippen LogP contribution in [0.3, 0.4) is 0 Å². The molecule has 0 radical (unpaired) electrons. The Bertz CT molecular complexity index is 1180. The SMILES string of the molecule is COc1cc(/C=C2\CCCN=C2NCCNc2cc(F)c(F)c(F)c2)ccc1N1C=NC(C)=CC1. The molecule has 2 aromatic rings. The van der Waals surface area contributed by atoms with Gasteiger partial charge in [-0.3, -0.25) is 4.99 Å². The number of hydrogen-bond acceptors (Lipinski definition) is 6. The summed E-state index contributed by atoms with van der Waals surface area (Å²) in [5.74, 6) is -2.36. The van der Waals surface area contributed by atoms with Gasteiger partial charge in [0.1, 0.15) is 11.6 Å². The molecule has 0 aromatic heterocycles. The van der Waals surface area contributed by atoms with Crippen LogP contribution < -0.4 is 20.3 Å². The summed E-state index contributed by atoms with van der Waals surface area (Å²) in [6, 6.07) is 7.92. The van der Waals surface area contributed by atoms with Crippen molar-refractivity contribution in [2.24, 2.45) is 9.98 Å². The molecule has 0 aliphatic carbocycles. The number of benzene rings is 2. The molecule has 2 heterocycles. The van der Waals surface area contributed by atoms with Crippen LogP contribution in [0.2, 0.25) is 0 Å². The molecule has 2 N–H and O–H groups in total. The van der Waals surface area contributed by atoms with Gasteiger partial charge in [0.25, 0.3) is 0 Å². The van der Waals surface area contributed by atoms with Gasteiger partial charge in [-0.15, -0.1) is 0 Å². The predicted molar refractivity (Wildman–Crippen MR) is 135 cm³/mol. The number of nitrogens with one attached hydrogen (secondary N) is 2. The molecule has 2 aliphatic heterocycles. The number of nitrogens with zero attached hydrogens (tertiary/aromatic N) is 3. The molecule has 4 rings (SSSR count). The van der Waals surface area contributed by atoms with Gasteiger partial charge in [-0.2, -0.15) is 0 Å². The lowest BCUT2D eigenvalue weighted by molar-refractivity contribution is 0.415. The second-order valence-corrected chi connectivity index (χ2v) is 8.28. The summed E-state index contributed by atoms with van der Waals surface area (Å²) in [6.07, 6.45) is 7.78. The van der Waals surface area contributed by atoms with Crippen molar-refractivity contribution in [2.45, 2.75) is 19.8 Å². The van der Waals surface area contributed by atoms with Gasteiger partial charge in [-0.1, -0.05) is 6.07 Å². The lowest BCUT2D eigenvalue weighted by Gasteiger charge is -2.23. The molecule has 2 aliphatic rings. The van der Waals surface area contributed by atoms with Gasteiger partial charge in [0.15, 0.2) is 17.5 Å². The third-order valence-electron chi connectivity index (χ3n) is 5.75. The van der Waals surface area contributed by atoms with Gasteiger partial charge in [-0.05, 0) is 55.2 Å². The molecular weight excluding hydrogens is 455 g/mol. The van der Waals surface area contributed by atoms with Crippen LogP contribution in [0.4, 0.5) is 24.5 Å². The zero-order chi connectivity index (χ0) is 24.8. The van der Waals surface area contributed by atoms with Gasteiger partial charge in [-0.25, -0.2) is 18.2 Å². The van der Waals surface area contributed by atoms with Gasteiger partial charge in [0, 0.05) is 49.7 Å². The van der Waals surface area contributed by atoms with Crippen LogP contribution in [0.15, 0.2) is 57.7 Å². The first-order chi connectivity index (χ1) is 16.9. The number of ether oxygens (including phenoxy) is 1. The Kier molecular flexibility index (Phi) is 7.74. The van der Waals surface area contributed by atoms with Gasteiger partial charge in [0.05, 0.1) is 19.1 Å². The Hall–Kier alpha value is -3.75. The summed E-state index contributed by atoms with van der Waals surface area (Å²) in [6.45, 7) is 4.28. The number of aliphatic imine (C=N–C) groups is 2. The maximum atomic E-state index is 13.4. The number of allylic oxidation sites excluding steroid dienone is 1. The summed E-state index contributed by atoms with van der Waals surface area (Å²) in [5, 5.41) is 6.19. The van der Waals surface area contributed by atoms with E-state index in [2.05, 4.69) is 32.8 Å². The number of halogens is 3. The van der Waals surface area contributed by atoms with Crippen LogP contribution in [0.1, 0.15) is 25.3 Å². The molecule has 0 spiro atoms. The Balaban J connectivity index is 1.41. The third kappa shape index (κ3) is 6.03. The van der Waals surface area contributed by atoms with Crippen LogP contribution in [0.25, 0.3) is 6.08 Å². The number of amidine groups is 1. The molecule has 0 bridgehead atoms. The van der Waals surface area contributed by atoms with E-state index in [9.17, 15) is 13.2 Å². The van der Waals surface area contributed by atoms with Gasteiger partial charge < -0.3 is 20.3 Å². The highest BCUT2D eigenvalue weighted by Crippen LogP contribution is 2.31. The molecule has 0 atom stereocenters. The Morgan fingerprint density at radius 3 is 2.57 bits per heavy atom. The highest BCUT2D eigenvalue weighted by molar-refractivity contribution is 6.02. The van der Waals surface area contributed by atoms with E-state index in [1.807, 2.05) is 36.4 Å². The molecule has 0 saturated heterocycles. The standard InChI is InChI=1S/C26H28F3N5O/c1-17-7-11-34(16-33-17)23-6-5-18(13-24(23)35-2)12-19-4-3-8-31-26(19)32-10-9-30-20-14-21(27)25(29)22(28)15-20/h5-7,12-16,30H,3-4,8-11H2,1-2H3,(H,31,32)/b19-12+. The summed E-state index contributed by atoms with van der Waals surface area (Å²) in [7, 11) is 1.65. The molecule has 0 fully saturated rings. The van der Waals surface area contributed by atoms with E-state index in [0.717, 1.165) is 72.2 Å². The normalized spacial score (nSPS) is 16.7. The zero-order valence-corrected chi connectivity index (χ0v) is 19.7. The molecular formula is C26H28F3N5O. The fourth-order valence-corrected chi connectivity index (χ4v) is 3.91. The summed E-state index contributed by atoms with van der Waals surface area (Å²) >= 11 is 0. The molecule has 35 heavy (non-hydrogen) atoms. The van der Waals surface area contributed by atoms with Crippen LogP contribution in [-0.2, 0) is 0 Å². The van der Waals surface area contributed by atoms with E-state index >= 15 is 0 Å². The first-order valence-electron chi connectivity index (χ1n) is 11.5. The first-order valence-corrected chi connectivity index (χ1v) is 11.5. The summed E-state index contributed by atoms with van der Waals surface area (Å²) in [4.78, 5) is 11.0. The van der Waals surface area contributed by atoms with Crippen LogP contribution >= 0.6 is 0 Å². The fraction of sp³-hybridized carbons (Fsp3) is 0.308. The van der Waals surface area contributed by atoms with Crippen LogP contribution in [0, 0.1) is 17.5 Å². The fourth-order valence-electron chi connectivity index (χ4n) is 3.91. The van der Waals surface area contributed by atoms with E-state index in [0.29, 0.717) is 13.1 Å². The minimum absolute atomic E-state index is 0.182. The monoisotopic (exact) mass is 483 g/mol. The average molecular weight is 484 g/mol. The van der Waals surface area contributed by atoms with Crippen molar-refractivity contribution in [3.63, 3.8) is 0 Å². The van der Waals surface area contributed by atoms with E-state index in [-0.39, 0.29) is 5.69 Å². The zero-order valence-electron chi connectivity index (χ0n) is 19.7. The highest BCUT2D eigenvalue weighted by atomic mass is 19.2. The highest BCUT2D eigenvalue weighted by Gasteiger charge is 2.15. The Labute approximate surface area is 202 Å². The van der Waals surface area contributed by atoms with Crippen LogP contribution in [0.5, 0.6) is 5.75 Å². The van der Waals surface area contributed by atoms with E-state index in [4.69, 9.17) is 4.74 Å². The van der Waals surface area contributed by atoms with E-state index < -0.39 is 17.5 Å². The number of anilines is 2. The maximum Gasteiger partial charge on any atom is 0.194 e. The second-order valence-electron chi connectivity index (χ2n) is 8.28. The van der Waals surface area contributed by atoms with Crippen molar-refractivity contribution in [3.8, 4) is 5.75 Å². The third-order valence-corrected chi connectivity index (χ3v) is 5.75. The molecule has 6 nitrogen and oxygen atoms in total. The molecule has 0 amide bonds. The predicted octanol–water partition coefficient (Wildman–Crippen LogP) is 5.14. The van der Waals surface area contributed by atoms with Crippen molar-refractivity contribution >= 4 is 29.6 Å². The van der Waals surface area contributed by atoms with Gasteiger partial charge >= 0.3 is 0 Å². The van der Waals surface area contributed by atoms with E-state index in [1.165, 1.54) is 0 Å². The molecule has 0 unspecified atom stereocenters. The van der Waals surface area contributed by atoms with E-state index in [1.54, 1.807) is 7.11 Å². The Morgan fingerprint density at radius 1 is 1.09 bits per heavy atom. The number of hydrogen-bond donors (Lipinski definition) is 2. The lowest BCUT2D eigenvalue weighted by Crippen LogP contribution is -2.32. The second kappa shape index (κ2) is 11.1. The topological polar surface area (TPSA) is 61.2 Å².